The lowest BCUT2D eigenvalue weighted by Gasteiger charge is -2.19. The molecule has 0 aromatic carbocycles. The minimum Gasteiger partial charge on any atom is -0.462 e. The molecule has 8 nitrogen and oxygen atoms in total. The van der Waals surface area contributed by atoms with Crippen molar-refractivity contribution in [1.82, 2.24) is 0 Å². The van der Waals surface area contributed by atoms with E-state index < -0.39 is 37.0 Å². The minimum atomic E-state index is -0.910. The van der Waals surface area contributed by atoms with Crippen LogP contribution in [0.2, 0.25) is 0 Å². The van der Waals surface area contributed by atoms with Gasteiger partial charge < -0.3 is 29.9 Å². The third-order valence-electron chi connectivity index (χ3n) is 8.35. The van der Waals surface area contributed by atoms with Crippen LogP contribution in [-0.4, -0.2) is 70.0 Å². The van der Waals surface area contributed by atoms with Gasteiger partial charge in [-0.15, -0.1) is 0 Å². The smallest absolute Gasteiger partial charge is 0.310 e. The van der Waals surface area contributed by atoms with Crippen molar-refractivity contribution in [3.8, 4) is 0 Å². The summed E-state index contributed by atoms with van der Waals surface area (Å²) in [6, 6.07) is 0. The van der Waals surface area contributed by atoms with Crippen molar-refractivity contribution in [3.63, 3.8) is 0 Å². The number of hydrogen-bond donors (Lipinski definition) is 4. The van der Waals surface area contributed by atoms with E-state index in [1.54, 1.807) is 18.2 Å². The molecule has 1 aliphatic carbocycles. The zero-order chi connectivity index (χ0) is 31.7. The van der Waals surface area contributed by atoms with Crippen molar-refractivity contribution in [2.45, 2.75) is 160 Å². The second-order valence-electron chi connectivity index (χ2n) is 12.2. The molecule has 1 fully saturated rings. The number of hydrogen-bond acceptors (Lipinski definition) is 8. The molecule has 0 aromatic rings. The zero-order valence-electron chi connectivity index (χ0n) is 27.0. The van der Waals surface area contributed by atoms with E-state index in [2.05, 4.69) is 13.8 Å². The summed E-state index contributed by atoms with van der Waals surface area (Å²) in [5.41, 5.74) is 0. The van der Waals surface area contributed by atoms with Crippen LogP contribution in [0.5, 0.6) is 0 Å². The van der Waals surface area contributed by atoms with Crippen molar-refractivity contribution in [1.29, 1.82) is 0 Å². The standard InChI is InChI=1S/C35H62O8/c1-3-5-7-8-9-10-11-12-13-14-16-21-34(40)42-27-29(26-36)43-35(41)22-18-17-20-30-31(33(39)25-32(30)38)24-23-28(37)19-15-6-4-2/h17-18,23-24,28-33,36-39H,3-16,19-22,25-27H2,1-2H3/b18-17-,24-23+/t28-,29+,30+,31-,32+,33-/m1/s1. The first-order chi connectivity index (χ1) is 20.8. The Hall–Kier alpha value is -1.74. The van der Waals surface area contributed by atoms with Crippen LogP contribution in [0.15, 0.2) is 24.3 Å². The van der Waals surface area contributed by atoms with Crippen molar-refractivity contribution in [2.75, 3.05) is 13.2 Å². The molecule has 0 saturated heterocycles. The maximum atomic E-state index is 12.3. The van der Waals surface area contributed by atoms with E-state index in [1.165, 1.54) is 51.4 Å². The van der Waals surface area contributed by atoms with E-state index >= 15 is 0 Å². The van der Waals surface area contributed by atoms with Crippen molar-refractivity contribution < 1.29 is 39.5 Å². The fraction of sp³-hybridized carbons (Fsp3) is 0.829. The summed E-state index contributed by atoms with van der Waals surface area (Å²) in [6.45, 7) is 3.73. The molecular formula is C35H62O8. The summed E-state index contributed by atoms with van der Waals surface area (Å²) in [5, 5.41) is 40.5. The highest BCUT2D eigenvalue weighted by Crippen LogP contribution is 2.36. The molecule has 0 unspecified atom stereocenters. The Kier molecular flexibility index (Phi) is 23.4. The van der Waals surface area contributed by atoms with E-state index in [0.717, 1.165) is 38.5 Å². The SMILES string of the molecule is CCCCCCCCCCCCCC(=O)OC[C@H](CO)OC(=O)C/C=C\C[C@H]1[C@@H](/C=C/[C@H](O)CCCCC)[C@H](O)C[C@@H]1O. The van der Waals surface area contributed by atoms with Gasteiger partial charge in [-0.1, -0.05) is 122 Å². The van der Waals surface area contributed by atoms with Gasteiger partial charge in [0.1, 0.15) is 6.61 Å². The highest BCUT2D eigenvalue weighted by atomic mass is 16.6. The molecule has 0 heterocycles. The van der Waals surface area contributed by atoms with Gasteiger partial charge in [-0.25, -0.2) is 0 Å². The molecule has 1 rings (SSSR count). The predicted molar refractivity (Wildman–Crippen MR) is 170 cm³/mol. The number of unbranched alkanes of at least 4 members (excludes halogenated alkanes) is 12. The third-order valence-corrected chi connectivity index (χ3v) is 8.35. The molecule has 0 bridgehead atoms. The monoisotopic (exact) mass is 610 g/mol. The van der Waals surface area contributed by atoms with Gasteiger partial charge in [0.25, 0.3) is 0 Å². The minimum absolute atomic E-state index is 0.0226. The first kappa shape index (κ1) is 39.3. The number of carbonyl (C=O) groups excluding carboxylic acids is 2. The zero-order valence-corrected chi connectivity index (χ0v) is 27.0. The second-order valence-corrected chi connectivity index (χ2v) is 12.2. The molecule has 250 valence electrons. The number of esters is 2. The normalized spacial score (nSPS) is 21.9. The summed E-state index contributed by atoms with van der Waals surface area (Å²) in [6.07, 6.45) is 22.2. The summed E-state index contributed by atoms with van der Waals surface area (Å²) >= 11 is 0. The summed E-state index contributed by atoms with van der Waals surface area (Å²) < 4.78 is 10.5. The Labute approximate surface area is 260 Å². The van der Waals surface area contributed by atoms with Gasteiger partial charge in [-0.3, -0.25) is 9.59 Å². The molecule has 0 aliphatic heterocycles. The number of allylic oxidation sites excluding steroid dienone is 1. The van der Waals surface area contributed by atoms with Crippen LogP contribution in [0.4, 0.5) is 0 Å². The molecule has 43 heavy (non-hydrogen) atoms. The van der Waals surface area contributed by atoms with Gasteiger partial charge >= 0.3 is 11.9 Å². The molecule has 0 aromatic heterocycles. The van der Waals surface area contributed by atoms with E-state index in [1.807, 2.05) is 6.08 Å². The number of ether oxygens (including phenoxy) is 2. The fourth-order valence-corrected chi connectivity index (χ4v) is 5.65. The Bertz CT molecular complexity index is 767. The van der Waals surface area contributed by atoms with Gasteiger partial charge in [-0.2, -0.15) is 0 Å². The molecule has 1 aliphatic rings. The lowest BCUT2D eigenvalue weighted by Crippen LogP contribution is -2.28. The topological polar surface area (TPSA) is 134 Å². The van der Waals surface area contributed by atoms with E-state index in [9.17, 15) is 30.0 Å². The van der Waals surface area contributed by atoms with Crippen molar-refractivity contribution in [3.05, 3.63) is 24.3 Å². The molecule has 4 N–H and O–H groups in total. The average Bonchev–Trinajstić information content (AvgIpc) is 3.26. The van der Waals surface area contributed by atoms with Crippen LogP contribution in [0.3, 0.4) is 0 Å². The summed E-state index contributed by atoms with van der Waals surface area (Å²) in [7, 11) is 0. The number of carbonyl (C=O) groups is 2. The Balaban J connectivity index is 2.25. The maximum absolute atomic E-state index is 12.3. The molecular weight excluding hydrogens is 548 g/mol. The highest BCUT2D eigenvalue weighted by molar-refractivity contribution is 5.71. The predicted octanol–water partition coefficient (Wildman–Crippen LogP) is 6.33. The van der Waals surface area contributed by atoms with Crippen LogP contribution in [0.1, 0.15) is 136 Å². The molecule has 6 atom stereocenters. The number of rotatable bonds is 26. The molecule has 8 heteroatoms. The lowest BCUT2D eigenvalue weighted by atomic mass is 9.89. The third kappa shape index (κ3) is 19.3. The summed E-state index contributed by atoms with van der Waals surface area (Å²) in [4.78, 5) is 24.3. The van der Waals surface area contributed by atoms with Crippen LogP contribution < -0.4 is 0 Å². The average molecular weight is 611 g/mol. The molecule has 0 amide bonds. The van der Waals surface area contributed by atoms with Gasteiger partial charge in [0.2, 0.25) is 0 Å². The lowest BCUT2D eigenvalue weighted by molar-refractivity contribution is -0.160. The van der Waals surface area contributed by atoms with Crippen LogP contribution in [0, 0.1) is 11.8 Å². The largest absolute Gasteiger partial charge is 0.462 e. The van der Waals surface area contributed by atoms with Crippen LogP contribution in [-0.2, 0) is 19.1 Å². The number of aliphatic hydroxyl groups is 4. The molecule has 0 spiro atoms. The molecule has 1 saturated carbocycles. The van der Waals surface area contributed by atoms with E-state index in [-0.39, 0.29) is 37.3 Å². The van der Waals surface area contributed by atoms with Crippen LogP contribution in [0.25, 0.3) is 0 Å². The quantitative estimate of drug-likeness (QED) is 0.0508. The van der Waals surface area contributed by atoms with Crippen LogP contribution >= 0.6 is 0 Å². The van der Waals surface area contributed by atoms with Gasteiger partial charge in [0.15, 0.2) is 6.10 Å². The van der Waals surface area contributed by atoms with Gasteiger partial charge in [0.05, 0.1) is 31.3 Å². The van der Waals surface area contributed by atoms with E-state index in [4.69, 9.17) is 9.47 Å². The van der Waals surface area contributed by atoms with Crippen molar-refractivity contribution in [2.24, 2.45) is 11.8 Å². The first-order valence-corrected chi connectivity index (χ1v) is 17.2. The van der Waals surface area contributed by atoms with Gasteiger partial charge in [0, 0.05) is 18.8 Å². The number of aliphatic hydroxyl groups excluding tert-OH is 4. The highest BCUT2D eigenvalue weighted by Gasteiger charge is 2.39. The van der Waals surface area contributed by atoms with Crippen molar-refractivity contribution >= 4 is 11.9 Å². The Morgan fingerprint density at radius 1 is 0.814 bits per heavy atom. The summed E-state index contributed by atoms with van der Waals surface area (Å²) in [5.74, 6) is -1.38. The van der Waals surface area contributed by atoms with Gasteiger partial charge in [-0.05, 0) is 25.2 Å². The Morgan fingerprint density at radius 3 is 2.05 bits per heavy atom. The second kappa shape index (κ2) is 25.6. The van der Waals surface area contributed by atoms with E-state index in [0.29, 0.717) is 19.3 Å². The Morgan fingerprint density at radius 2 is 1.42 bits per heavy atom. The first-order valence-electron chi connectivity index (χ1n) is 17.2. The molecule has 0 radical (unpaired) electrons. The fourth-order valence-electron chi connectivity index (χ4n) is 5.65. The maximum Gasteiger partial charge on any atom is 0.310 e.